The van der Waals surface area contributed by atoms with Crippen LogP contribution in [0.15, 0.2) is 10.8 Å². The summed E-state index contributed by atoms with van der Waals surface area (Å²) in [7, 11) is 0. The molecule has 0 bridgehead atoms. The maximum atomic E-state index is 10.5. The number of hydrogen-bond acceptors (Lipinski definition) is 3. The molecular weight excluding hydrogens is 162 g/mol. The number of rotatable bonds is 2. The lowest BCUT2D eigenvalue weighted by molar-refractivity contribution is 0.0696. The van der Waals surface area contributed by atoms with Crippen molar-refractivity contribution in [3.05, 3.63) is 21.9 Å². The van der Waals surface area contributed by atoms with Crippen LogP contribution in [0.2, 0.25) is 0 Å². The molecule has 0 fully saturated rings. The molecule has 0 amide bonds. The minimum atomic E-state index is -0.962. The van der Waals surface area contributed by atoms with E-state index in [0.29, 0.717) is 5.56 Å². The van der Waals surface area contributed by atoms with Crippen molar-refractivity contribution >= 4 is 17.3 Å². The van der Waals surface area contributed by atoms with E-state index in [1.165, 1.54) is 16.7 Å². The Kier molecular flexibility index (Phi) is 2.24. The summed E-state index contributed by atoms with van der Waals surface area (Å²) in [5.41, 5.74) is 0.849. The highest BCUT2D eigenvalue weighted by molar-refractivity contribution is 7.08. The highest BCUT2D eigenvalue weighted by atomic mass is 32.1. The Morgan fingerprint density at radius 1 is 1.73 bits per heavy atom. The molecule has 1 heterocycles. The number of aromatic carboxylic acids is 1. The number of carboxylic acid groups (broad SMARTS) is 1. The Labute approximate surface area is 67.5 Å². The van der Waals surface area contributed by atoms with Gasteiger partial charge in [0.2, 0.25) is 0 Å². The maximum Gasteiger partial charge on any atom is 0.336 e. The number of hydrogen-bond donors (Lipinski definition) is 1. The summed E-state index contributed by atoms with van der Waals surface area (Å²) < 4.78 is 0. The lowest BCUT2D eigenvalue weighted by Crippen LogP contribution is -1.97. The molecule has 3 nitrogen and oxygen atoms in total. The van der Waals surface area contributed by atoms with Gasteiger partial charge in [0.1, 0.15) is 0 Å². The Morgan fingerprint density at radius 3 is 3.00 bits per heavy atom. The van der Waals surface area contributed by atoms with Gasteiger partial charge in [0.15, 0.2) is 0 Å². The number of carbonyl (C=O) groups is 1. The molecule has 0 radical (unpaired) electrons. The van der Waals surface area contributed by atoms with Crippen molar-refractivity contribution in [2.24, 2.45) is 0 Å². The van der Waals surface area contributed by atoms with Gasteiger partial charge in [0.05, 0.1) is 18.1 Å². The fourth-order valence-corrected chi connectivity index (χ4v) is 1.56. The summed E-state index contributed by atoms with van der Waals surface area (Å²) in [6.45, 7) is 0. The second-order valence-electron chi connectivity index (χ2n) is 1.95. The molecule has 1 rings (SSSR count). The molecule has 0 saturated carbocycles. The molecule has 1 aromatic rings. The maximum absolute atomic E-state index is 10.5. The number of thiophene rings is 1. The van der Waals surface area contributed by atoms with E-state index in [9.17, 15) is 4.79 Å². The van der Waals surface area contributed by atoms with E-state index < -0.39 is 5.97 Å². The van der Waals surface area contributed by atoms with Crippen molar-refractivity contribution < 1.29 is 9.90 Å². The van der Waals surface area contributed by atoms with Crippen LogP contribution in [-0.4, -0.2) is 11.1 Å². The Hall–Kier alpha value is -1.34. The van der Waals surface area contributed by atoms with Crippen LogP contribution in [0.3, 0.4) is 0 Å². The topological polar surface area (TPSA) is 61.1 Å². The Morgan fingerprint density at radius 2 is 2.45 bits per heavy atom. The predicted octanol–water partition coefficient (Wildman–Crippen LogP) is 1.51. The van der Waals surface area contributed by atoms with Crippen LogP contribution >= 0.6 is 11.3 Å². The average molecular weight is 167 g/mol. The van der Waals surface area contributed by atoms with Crippen LogP contribution in [0.5, 0.6) is 0 Å². The molecule has 0 spiro atoms. The highest BCUT2D eigenvalue weighted by Gasteiger charge is 2.09. The van der Waals surface area contributed by atoms with Gasteiger partial charge in [0, 0.05) is 5.38 Å². The van der Waals surface area contributed by atoms with E-state index in [2.05, 4.69) is 0 Å². The molecule has 4 heteroatoms. The summed E-state index contributed by atoms with van der Waals surface area (Å²) >= 11 is 1.30. The zero-order valence-corrected chi connectivity index (χ0v) is 6.39. The van der Waals surface area contributed by atoms with Crippen molar-refractivity contribution in [3.8, 4) is 6.07 Å². The molecule has 0 saturated heterocycles. The molecular formula is C7H5NO2S. The lowest BCUT2D eigenvalue weighted by atomic mass is 10.1. The summed E-state index contributed by atoms with van der Waals surface area (Å²) in [6, 6.07) is 1.91. The molecule has 0 aliphatic rings. The van der Waals surface area contributed by atoms with Gasteiger partial charge in [-0.15, -0.1) is 0 Å². The first kappa shape index (κ1) is 7.76. The van der Waals surface area contributed by atoms with Crippen LogP contribution in [0.4, 0.5) is 0 Å². The summed E-state index contributed by atoms with van der Waals surface area (Å²) in [5, 5.41) is 20.1. The molecule has 0 aliphatic heterocycles. The molecule has 1 N–H and O–H groups in total. The molecule has 56 valence electrons. The minimum absolute atomic E-state index is 0.172. The fraction of sp³-hybridized carbons (Fsp3) is 0.143. The second-order valence-corrected chi connectivity index (χ2v) is 2.69. The Bertz CT molecular complexity index is 310. The van der Waals surface area contributed by atoms with Crippen LogP contribution in [0, 0.1) is 11.3 Å². The summed E-state index contributed by atoms with van der Waals surface area (Å²) in [6.07, 6.45) is 0.172. The summed E-state index contributed by atoms with van der Waals surface area (Å²) in [5.74, 6) is -0.962. The third-order valence-electron chi connectivity index (χ3n) is 1.24. The van der Waals surface area contributed by atoms with Gasteiger partial charge in [-0.3, -0.25) is 0 Å². The van der Waals surface area contributed by atoms with Crippen LogP contribution in [0.1, 0.15) is 15.9 Å². The number of nitrogens with zero attached hydrogens (tertiary/aromatic N) is 1. The predicted molar refractivity (Wildman–Crippen MR) is 40.6 cm³/mol. The molecule has 0 aromatic carbocycles. The Balaban J connectivity index is 2.98. The standard InChI is InChI=1S/C7H5NO2S/c8-2-1-5-3-11-4-6(5)7(9)10/h3-4H,1H2,(H,9,10). The first-order valence-electron chi connectivity index (χ1n) is 2.91. The van der Waals surface area contributed by atoms with Crippen molar-refractivity contribution in [2.75, 3.05) is 0 Å². The van der Waals surface area contributed by atoms with E-state index in [0.717, 1.165) is 0 Å². The largest absolute Gasteiger partial charge is 0.478 e. The number of nitriles is 1. The zero-order valence-electron chi connectivity index (χ0n) is 5.57. The SMILES string of the molecule is N#CCc1cscc1C(=O)O. The summed E-state index contributed by atoms with van der Waals surface area (Å²) in [4.78, 5) is 10.5. The lowest BCUT2D eigenvalue weighted by Gasteiger charge is -1.90. The van der Waals surface area contributed by atoms with E-state index in [4.69, 9.17) is 10.4 Å². The van der Waals surface area contributed by atoms with Crippen LogP contribution in [-0.2, 0) is 6.42 Å². The zero-order chi connectivity index (χ0) is 8.27. The van der Waals surface area contributed by atoms with Gasteiger partial charge in [-0.1, -0.05) is 0 Å². The normalized spacial score (nSPS) is 9.00. The first-order chi connectivity index (χ1) is 5.25. The van der Waals surface area contributed by atoms with Gasteiger partial charge in [0.25, 0.3) is 0 Å². The minimum Gasteiger partial charge on any atom is -0.478 e. The van der Waals surface area contributed by atoms with E-state index in [1.807, 2.05) is 6.07 Å². The monoisotopic (exact) mass is 167 g/mol. The van der Waals surface area contributed by atoms with Crippen molar-refractivity contribution in [3.63, 3.8) is 0 Å². The molecule has 0 unspecified atom stereocenters. The molecule has 11 heavy (non-hydrogen) atoms. The van der Waals surface area contributed by atoms with Crippen molar-refractivity contribution in [1.29, 1.82) is 5.26 Å². The highest BCUT2D eigenvalue weighted by Crippen LogP contribution is 2.14. The van der Waals surface area contributed by atoms with E-state index in [-0.39, 0.29) is 12.0 Å². The average Bonchev–Trinajstić information content (AvgIpc) is 2.36. The van der Waals surface area contributed by atoms with Gasteiger partial charge < -0.3 is 5.11 Å². The quantitative estimate of drug-likeness (QED) is 0.726. The fourth-order valence-electron chi connectivity index (χ4n) is 0.733. The van der Waals surface area contributed by atoms with Crippen LogP contribution < -0.4 is 0 Å². The van der Waals surface area contributed by atoms with Gasteiger partial charge in [-0.05, 0) is 10.9 Å². The van der Waals surface area contributed by atoms with Crippen LogP contribution in [0.25, 0.3) is 0 Å². The molecule has 1 aromatic heterocycles. The van der Waals surface area contributed by atoms with Crippen molar-refractivity contribution in [2.45, 2.75) is 6.42 Å². The smallest absolute Gasteiger partial charge is 0.336 e. The van der Waals surface area contributed by atoms with Gasteiger partial charge >= 0.3 is 5.97 Å². The third-order valence-corrected chi connectivity index (χ3v) is 2.03. The second kappa shape index (κ2) is 3.17. The van der Waals surface area contributed by atoms with E-state index >= 15 is 0 Å². The van der Waals surface area contributed by atoms with Gasteiger partial charge in [-0.25, -0.2) is 4.79 Å². The van der Waals surface area contributed by atoms with E-state index in [1.54, 1.807) is 5.38 Å². The third kappa shape index (κ3) is 1.57. The van der Waals surface area contributed by atoms with Gasteiger partial charge in [-0.2, -0.15) is 16.6 Å². The molecule has 0 atom stereocenters. The van der Waals surface area contributed by atoms with Crippen molar-refractivity contribution in [1.82, 2.24) is 0 Å². The number of carboxylic acids is 1. The first-order valence-corrected chi connectivity index (χ1v) is 3.85. The molecule has 0 aliphatic carbocycles.